The number of halogens is 1. The van der Waals surface area contributed by atoms with Crippen LogP contribution in [0.2, 0.25) is 5.02 Å². The fourth-order valence-corrected chi connectivity index (χ4v) is 3.53. The standard InChI is InChI=1S/C23H18ClN5O2/c1-31-22-6-5-16(24)12-20(22)28-23(30)27-19-3-2-4-21-18(19)8-10-29(21)14-15-7-9-26-17(11-15)13-25/h2-12H,14H2,1H3,(H2,27,28,30). The maximum absolute atomic E-state index is 12.6. The predicted molar refractivity (Wildman–Crippen MR) is 121 cm³/mol. The molecule has 8 heteroatoms. The third-order valence-electron chi connectivity index (χ3n) is 4.76. The van der Waals surface area contributed by atoms with Gasteiger partial charge in [0.05, 0.1) is 24.0 Å². The number of anilines is 2. The number of hydrogen-bond donors (Lipinski definition) is 2. The van der Waals surface area contributed by atoms with E-state index in [1.54, 1.807) is 30.5 Å². The van der Waals surface area contributed by atoms with Gasteiger partial charge >= 0.3 is 6.03 Å². The minimum absolute atomic E-state index is 0.379. The van der Waals surface area contributed by atoms with Gasteiger partial charge < -0.3 is 19.9 Å². The Morgan fingerprint density at radius 2 is 2.00 bits per heavy atom. The molecule has 4 aromatic rings. The molecule has 0 bridgehead atoms. The van der Waals surface area contributed by atoms with Crippen LogP contribution in [0, 0.1) is 11.3 Å². The van der Waals surface area contributed by atoms with Gasteiger partial charge in [0.2, 0.25) is 0 Å². The second-order valence-electron chi connectivity index (χ2n) is 6.77. The van der Waals surface area contributed by atoms with Crippen LogP contribution in [0.3, 0.4) is 0 Å². The first-order valence-corrected chi connectivity index (χ1v) is 9.79. The quantitative estimate of drug-likeness (QED) is 0.450. The number of pyridine rings is 1. The summed E-state index contributed by atoms with van der Waals surface area (Å²) in [6.07, 6.45) is 3.57. The van der Waals surface area contributed by atoms with Crippen molar-refractivity contribution < 1.29 is 9.53 Å². The number of rotatable bonds is 5. The van der Waals surface area contributed by atoms with Crippen molar-refractivity contribution >= 4 is 39.9 Å². The van der Waals surface area contributed by atoms with Crippen LogP contribution in [0.25, 0.3) is 10.9 Å². The summed E-state index contributed by atoms with van der Waals surface area (Å²) in [5.74, 6) is 0.512. The van der Waals surface area contributed by atoms with Crippen molar-refractivity contribution in [2.24, 2.45) is 0 Å². The van der Waals surface area contributed by atoms with Crippen LogP contribution in [0.5, 0.6) is 5.75 Å². The fourth-order valence-electron chi connectivity index (χ4n) is 3.35. The lowest BCUT2D eigenvalue weighted by molar-refractivity contribution is 0.262. The highest BCUT2D eigenvalue weighted by atomic mass is 35.5. The van der Waals surface area contributed by atoms with Gasteiger partial charge in [-0.1, -0.05) is 17.7 Å². The van der Waals surface area contributed by atoms with Gasteiger partial charge in [-0.25, -0.2) is 9.78 Å². The average molecular weight is 432 g/mol. The monoisotopic (exact) mass is 431 g/mol. The second kappa shape index (κ2) is 8.78. The largest absolute Gasteiger partial charge is 0.495 e. The molecule has 2 N–H and O–H groups in total. The number of methoxy groups -OCH3 is 1. The van der Waals surface area contributed by atoms with E-state index >= 15 is 0 Å². The normalized spacial score (nSPS) is 10.5. The molecule has 4 rings (SSSR count). The Bertz CT molecular complexity index is 1310. The van der Waals surface area contributed by atoms with E-state index in [4.69, 9.17) is 21.6 Å². The van der Waals surface area contributed by atoms with E-state index in [1.807, 2.05) is 36.5 Å². The number of benzene rings is 2. The molecule has 0 saturated heterocycles. The van der Waals surface area contributed by atoms with Crippen LogP contribution in [0.4, 0.5) is 16.2 Å². The first-order chi connectivity index (χ1) is 15.1. The van der Waals surface area contributed by atoms with E-state index in [-0.39, 0.29) is 0 Å². The third kappa shape index (κ3) is 4.44. The predicted octanol–water partition coefficient (Wildman–Crippen LogP) is 5.26. The van der Waals surface area contributed by atoms with Crippen molar-refractivity contribution in [2.45, 2.75) is 6.54 Å². The lowest BCUT2D eigenvalue weighted by Crippen LogP contribution is -2.20. The van der Waals surface area contributed by atoms with Gasteiger partial charge in [-0.05, 0) is 54.1 Å². The number of fused-ring (bicyclic) bond motifs is 1. The van der Waals surface area contributed by atoms with Crippen LogP contribution in [0.15, 0.2) is 67.0 Å². The van der Waals surface area contributed by atoms with E-state index in [0.29, 0.717) is 34.4 Å². The van der Waals surface area contributed by atoms with Crippen molar-refractivity contribution in [1.82, 2.24) is 9.55 Å². The average Bonchev–Trinajstić information content (AvgIpc) is 3.18. The number of nitriles is 1. The number of carbonyl (C=O) groups is 1. The molecule has 0 fully saturated rings. The molecule has 0 spiro atoms. The number of urea groups is 1. The zero-order valence-corrected chi connectivity index (χ0v) is 17.3. The van der Waals surface area contributed by atoms with Crippen LogP contribution >= 0.6 is 11.6 Å². The number of nitrogens with one attached hydrogen (secondary N) is 2. The zero-order valence-electron chi connectivity index (χ0n) is 16.6. The summed E-state index contributed by atoms with van der Waals surface area (Å²) in [5.41, 5.74) is 3.44. The van der Waals surface area contributed by atoms with E-state index in [0.717, 1.165) is 16.5 Å². The van der Waals surface area contributed by atoms with Crippen molar-refractivity contribution in [3.8, 4) is 11.8 Å². The zero-order chi connectivity index (χ0) is 21.8. The first-order valence-electron chi connectivity index (χ1n) is 9.42. The van der Waals surface area contributed by atoms with Gasteiger partial charge in [-0.15, -0.1) is 0 Å². The Morgan fingerprint density at radius 3 is 2.81 bits per heavy atom. The fraction of sp³-hybridized carbons (Fsp3) is 0.0870. The molecule has 2 aromatic carbocycles. The number of aromatic nitrogens is 2. The summed E-state index contributed by atoms with van der Waals surface area (Å²) >= 11 is 6.03. The maximum atomic E-state index is 12.6. The lowest BCUT2D eigenvalue weighted by Gasteiger charge is -2.12. The number of amides is 2. The van der Waals surface area contributed by atoms with Crippen LogP contribution in [-0.4, -0.2) is 22.7 Å². The first kappa shape index (κ1) is 20.3. The second-order valence-corrected chi connectivity index (χ2v) is 7.20. The molecule has 0 aliphatic rings. The van der Waals surface area contributed by atoms with Gasteiger partial charge in [0.1, 0.15) is 17.5 Å². The Hall–Kier alpha value is -4.02. The third-order valence-corrected chi connectivity index (χ3v) is 5.00. The van der Waals surface area contributed by atoms with Gasteiger partial charge in [0.25, 0.3) is 0 Å². The highest BCUT2D eigenvalue weighted by molar-refractivity contribution is 6.31. The molecule has 2 amide bonds. The molecule has 2 heterocycles. The van der Waals surface area contributed by atoms with E-state index < -0.39 is 6.03 Å². The summed E-state index contributed by atoms with van der Waals surface area (Å²) in [7, 11) is 1.53. The van der Waals surface area contributed by atoms with E-state index in [2.05, 4.69) is 26.3 Å². The number of hydrogen-bond acceptors (Lipinski definition) is 4. The Labute approximate surface area is 183 Å². The van der Waals surface area contributed by atoms with Crippen LogP contribution in [-0.2, 0) is 6.54 Å². The SMILES string of the molecule is COc1ccc(Cl)cc1NC(=O)Nc1cccc2c1ccn2Cc1ccnc(C#N)c1. The van der Waals surface area contributed by atoms with Crippen molar-refractivity contribution in [3.05, 3.63) is 83.3 Å². The number of nitrogens with zero attached hydrogens (tertiary/aromatic N) is 3. The van der Waals surface area contributed by atoms with Gasteiger partial charge in [0, 0.05) is 29.3 Å². The van der Waals surface area contributed by atoms with Crippen molar-refractivity contribution in [2.75, 3.05) is 17.7 Å². The molecule has 0 atom stereocenters. The molecular weight excluding hydrogens is 414 g/mol. The minimum Gasteiger partial charge on any atom is -0.495 e. The van der Waals surface area contributed by atoms with Gasteiger partial charge in [-0.3, -0.25) is 0 Å². The summed E-state index contributed by atoms with van der Waals surface area (Å²) in [4.78, 5) is 16.6. The number of ether oxygens (including phenoxy) is 1. The summed E-state index contributed by atoms with van der Waals surface area (Å²) in [5, 5.41) is 16.1. The summed E-state index contributed by atoms with van der Waals surface area (Å²) in [6.45, 7) is 0.579. The molecule has 0 aliphatic heterocycles. The molecule has 0 unspecified atom stereocenters. The van der Waals surface area contributed by atoms with Gasteiger partial charge in [-0.2, -0.15) is 5.26 Å². The highest BCUT2D eigenvalue weighted by Gasteiger charge is 2.12. The summed E-state index contributed by atoms with van der Waals surface area (Å²) in [6, 6.07) is 17.9. The molecular formula is C23H18ClN5O2. The molecule has 2 aromatic heterocycles. The smallest absolute Gasteiger partial charge is 0.323 e. The Kier molecular flexibility index (Phi) is 5.74. The van der Waals surface area contributed by atoms with Gasteiger partial charge in [0.15, 0.2) is 0 Å². The molecule has 154 valence electrons. The van der Waals surface area contributed by atoms with E-state index in [9.17, 15) is 4.79 Å². The van der Waals surface area contributed by atoms with Crippen molar-refractivity contribution in [3.63, 3.8) is 0 Å². The van der Waals surface area contributed by atoms with Crippen molar-refractivity contribution in [1.29, 1.82) is 5.26 Å². The lowest BCUT2D eigenvalue weighted by atomic mass is 10.2. The topological polar surface area (TPSA) is 92.0 Å². The maximum Gasteiger partial charge on any atom is 0.323 e. The number of carbonyl (C=O) groups excluding carboxylic acids is 1. The minimum atomic E-state index is -0.409. The van der Waals surface area contributed by atoms with Crippen LogP contribution in [0.1, 0.15) is 11.3 Å². The Balaban J connectivity index is 1.56. The molecule has 31 heavy (non-hydrogen) atoms. The highest BCUT2D eigenvalue weighted by Crippen LogP contribution is 2.29. The Morgan fingerprint density at radius 1 is 1.16 bits per heavy atom. The molecule has 7 nitrogen and oxygen atoms in total. The van der Waals surface area contributed by atoms with Crippen LogP contribution < -0.4 is 15.4 Å². The summed E-state index contributed by atoms with van der Waals surface area (Å²) < 4.78 is 7.32. The molecule has 0 radical (unpaired) electrons. The molecule has 0 aliphatic carbocycles. The molecule has 0 saturated carbocycles. The van der Waals surface area contributed by atoms with E-state index in [1.165, 1.54) is 7.11 Å².